The number of aromatic nitrogens is 1. The molecule has 1 aromatic carbocycles. The van der Waals surface area contributed by atoms with Gasteiger partial charge in [0.05, 0.1) is 21.4 Å². The van der Waals surface area contributed by atoms with E-state index in [-0.39, 0.29) is 27.0 Å². The average molecular weight is 301 g/mol. The standard InChI is InChI=1S/C12H7Cl2FN2O2/c13-8-3-6(15)4-9(14)11(8)17-10-1-2-16-5-7(10)12(18)19/h1-5H,(H,16,17)(H,18,19). The number of carboxylic acid groups (broad SMARTS) is 1. The van der Waals surface area contributed by atoms with E-state index >= 15 is 0 Å². The third-order valence-corrected chi connectivity index (χ3v) is 2.91. The number of nitrogens with one attached hydrogen (secondary N) is 1. The third-order valence-electron chi connectivity index (χ3n) is 2.32. The van der Waals surface area contributed by atoms with Crippen molar-refractivity contribution < 1.29 is 14.3 Å². The van der Waals surface area contributed by atoms with Gasteiger partial charge in [-0.15, -0.1) is 0 Å². The first-order valence-electron chi connectivity index (χ1n) is 5.08. The second-order valence-corrected chi connectivity index (χ2v) is 4.41. The van der Waals surface area contributed by atoms with E-state index in [9.17, 15) is 9.18 Å². The number of rotatable bonds is 3. The number of aromatic carboxylic acids is 1. The zero-order valence-electron chi connectivity index (χ0n) is 9.32. The van der Waals surface area contributed by atoms with E-state index in [1.54, 1.807) is 0 Å². The van der Waals surface area contributed by atoms with E-state index in [0.717, 1.165) is 12.1 Å². The Morgan fingerprint density at radius 1 is 1.32 bits per heavy atom. The number of carboxylic acids is 1. The number of hydrogen-bond acceptors (Lipinski definition) is 3. The molecule has 7 heteroatoms. The average Bonchev–Trinajstić information content (AvgIpc) is 2.34. The van der Waals surface area contributed by atoms with Crippen molar-refractivity contribution in [2.75, 3.05) is 5.32 Å². The molecular weight excluding hydrogens is 294 g/mol. The largest absolute Gasteiger partial charge is 0.478 e. The van der Waals surface area contributed by atoms with Crippen LogP contribution in [0.2, 0.25) is 10.0 Å². The van der Waals surface area contributed by atoms with E-state index < -0.39 is 11.8 Å². The van der Waals surface area contributed by atoms with Crippen molar-refractivity contribution in [2.45, 2.75) is 0 Å². The Morgan fingerprint density at radius 2 is 1.95 bits per heavy atom. The van der Waals surface area contributed by atoms with Crippen LogP contribution in [0, 0.1) is 5.82 Å². The number of carbonyl (C=O) groups is 1. The van der Waals surface area contributed by atoms with Crippen LogP contribution in [-0.4, -0.2) is 16.1 Å². The summed E-state index contributed by atoms with van der Waals surface area (Å²) in [6.07, 6.45) is 2.61. The molecule has 0 amide bonds. The summed E-state index contributed by atoms with van der Waals surface area (Å²) >= 11 is 11.7. The summed E-state index contributed by atoms with van der Waals surface area (Å²) in [5, 5.41) is 11.9. The molecule has 0 saturated carbocycles. The van der Waals surface area contributed by atoms with Crippen LogP contribution in [0.3, 0.4) is 0 Å². The van der Waals surface area contributed by atoms with Gasteiger partial charge >= 0.3 is 5.97 Å². The van der Waals surface area contributed by atoms with Crippen molar-refractivity contribution in [2.24, 2.45) is 0 Å². The van der Waals surface area contributed by atoms with Crippen LogP contribution in [0.4, 0.5) is 15.8 Å². The molecule has 2 rings (SSSR count). The summed E-state index contributed by atoms with van der Waals surface area (Å²) in [6.45, 7) is 0. The Hall–Kier alpha value is -1.85. The lowest BCUT2D eigenvalue weighted by atomic mass is 10.2. The molecule has 0 radical (unpaired) electrons. The van der Waals surface area contributed by atoms with Crippen LogP contribution in [0.25, 0.3) is 0 Å². The number of halogens is 3. The van der Waals surface area contributed by atoms with Gasteiger partial charge in [-0.3, -0.25) is 4.98 Å². The van der Waals surface area contributed by atoms with Gasteiger partial charge in [-0.2, -0.15) is 0 Å². The zero-order chi connectivity index (χ0) is 14.0. The Balaban J connectivity index is 2.45. The number of pyridine rings is 1. The van der Waals surface area contributed by atoms with Gasteiger partial charge in [0, 0.05) is 12.4 Å². The number of benzene rings is 1. The minimum Gasteiger partial charge on any atom is -0.478 e. The topological polar surface area (TPSA) is 62.2 Å². The van der Waals surface area contributed by atoms with E-state index in [1.165, 1.54) is 18.5 Å². The van der Waals surface area contributed by atoms with Gasteiger partial charge in [0.15, 0.2) is 0 Å². The van der Waals surface area contributed by atoms with Gasteiger partial charge in [0.25, 0.3) is 0 Å². The summed E-state index contributed by atoms with van der Waals surface area (Å²) in [6, 6.07) is 3.62. The Labute approximate surface area is 117 Å². The highest BCUT2D eigenvalue weighted by atomic mass is 35.5. The summed E-state index contributed by atoms with van der Waals surface area (Å²) in [7, 11) is 0. The quantitative estimate of drug-likeness (QED) is 0.900. The molecule has 1 heterocycles. The van der Waals surface area contributed by atoms with Crippen molar-refractivity contribution in [3.05, 3.63) is 52.0 Å². The zero-order valence-corrected chi connectivity index (χ0v) is 10.8. The highest BCUT2D eigenvalue weighted by Gasteiger charge is 2.14. The number of anilines is 2. The molecule has 0 fully saturated rings. The lowest BCUT2D eigenvalue weighted by Gasteiger charge is -2.12. The normalized spacial score (nSPS) is 10.3. The van der Waals surface area contributed by atoms with Gasteiger partial charge in [0.2, 0.25) is 0 Å². The van der Waals surface area contributed by atoms with Crippen LogP contribution < -0.4 is 5.32 Å². The molecule has 0 bridgehead atoms. The SMILES string of the molecule is O=C(O)c1cnccc1Nc1c(Cl)cc(F)cc1Cl. The van der Waals surface area contributed by atoms with Gasteiger partial charge < -0.3 is 10.4 Å². The van der Waals surface area contributed by atoms with E-state index in [0.29, 0.717) is 0 Å². The maximum atomic E-state index is 13.1. The molecule has 0 unspecified atom stereocenters. The Kier molecular flexibility index (Phi) is 3.87. The smallest absolute Gasteiger partial charge is 0.339 e. The van der Waals surface area contributed by atoms with Crippen molar-refractivity contribution in [3.63, 3.8) is 0 Å². The molecule has 0 aliphatic rings. The molecule has 98 valence electrons. The molecule has 0 aliphatic carbocycles. The molecule has 0 atom stereocenters. The van der Waals surface area contributed by atoms with Gasteiger partial charge in [0.1, 0.15) is 11.4 Å². The molecule has 0 aliphatic heterocycles. The van der Waals surface area contributed by atoms with Crippen molar-refractivity contribution in [1.29, 1.82) is 0 Å². The second-order valence-electron chi connectivity index (χ2n) is 3.60. The predicted molar refractivity (Wildman–Crippen MR) is 70.9 cm³/mol. The molecule has 19 heavy (non-hydrogen) atoms. The lowest BCUT2D eigenvalue weighted by Crippen LogP contribution is -2.04. The van der Waals surface area contributed by atoms with Crippen LogP contribution in [0.15, 0.2) is 30.6 Å². The Morgan fingerprint density at radius 3 is 2.53 bits per heavy atom. The van der Waals surface area contributed by atoms with Crippen LogP contribution >= 0.6 is 23.2 Å². The molecule has 4 nitrogen and oxygen atoms in total. The van der Waals surface area contributed by atoms with Crippen LogP contribution in [0.5, 0.6) is 0 Å². The minimum atomic E-state index is -1.15. The van der Waals surface area contributed by atoms with Crippen molar-refractivity contribution in [1.82, 2.24) is 4.98 Å². The summed E-state index contributed by atoms with van der Waals surface area (Å²) in [5.74, 6) is -1.72. The van der Waals surface area contributed by atoms with E-state index in [2.05, 4.69) is 10.3 Å². The Bertz CT molecular complexity index is 626. The van der Waals surface area contributed by atoms with Gasteiger partial charge in [-0.05, 0) is 18.2 Å². The molecule has 2 aromatic rings. The first kappa shape index (κ1) is 13.6. The van der Waals surface area contributed by atoms with Crippen LogP contribution in [-0.2, 0) is 0 Å². The first-order valence-corrected chi connectivity index (χ1v) is 5.83. The third kappa shape index (κ3) is 2.94. The lowest BCUT2D eigenvalue weighted by molar-refractivity contribution is 0.0697. The fraction of sp³-hybridized carbons (Fsp3) is 0. The summed E-state index contributed by atoms with van der Waals surface area (Å²) in [4.78, 5) is 14.8. The maximum absolute atomic E-state index is 13.1. The number of hydrogen-bond donors (Lipinski definition) is 2. The molecule has 0 saturated heterocycles. The molecular formula is C12H7Cl2FN2O2. The van der Waals surface area contributed by atoms with Gasteiger partial charge in [-0.25, -0.2) is 9.18 Å². The van der Waals surface area contributed by atoms with Crippen LogP contribution in [0.1, 0.15) is 10.4 Å². The monoisotopic (exact) mass is 300 g/mol. The molecule has 0 spiro atoms. The highest BCUT2D eigenvalue weighted by Crippen LogP contribution is 2.34. The molecule has 2 N–H and O–H groups in total. The number of nitrogens with zero attached hydrogens (tertiary/aromatic N) is 1. The fourth-order valence-electron chi connectivity index (χ4n) is 1.47. The van der Waals surface area contributed by atoms with Gasteiger partial charge in [-0.1, -0.05) is 23.2 Å². The maximum Gasteiger partial charge on any atom is 0.339 e. The summed E-state index contributed by atoms with van der Waals surface area (Å²) in [5.41, 5.74) is 0.454. The predicted octanol–water partition coefficient (Wildman–Crippen LogP) is 3.97. The second kappa shape index (κ2) is 5.42. The van der Waals surface area contributed by atoms with E-state index in [1.807, 2.05) is 0 Å². The van der Waals surface area contributed by atoms with Crippen molar-refractivity contribution in [3.8, 4) is 0 Å². The highest BCUT2D eigenvalue weighted by molar-refractivity contribution is 6.39. The first-order chi connectivity index (χ1) is 8.99. The van der Waals surface area contributed by atoms with Crippen molar-refractivity contribution >= 4 is 40.5 Å². The fourth-order valence-corrected chi connectivity index (χ4v) is 2.03. The summed E-state index contributed by atoms with van der Waals surface area (Å²) < 4.78 is 13.1. The van der Waals surface area contributed by atoms with E-state index in [4.69, 9.17) is 28.3 Å². The molecule has 1 aromatic heterocycles. The minimum absolute atomic E-state index is 0.0426.